The minimum absolute atomic E-state index is 0.366. The highest BCUT2D eigenvalue weighted by molar-refractivity contribution is 5.74. The van der Waals surface area contributed by atoms with E-state index in [4.69, 9.17) is 10.4 Å². The molecule has 1 saturated heterocycles. The van der Waals surface area contributed by atoms with Gasteiger partial charge in [-0.25, -0.2) is 4.79 Å². The smallest absolute Gasteiger partial charge is 0.433 e. The standard InChI is InChI=1S/C13H8F6N2O3/c14-12(15,16)8-3-7(2-1-6(8)4-20)21-5-9(10(22)23)24-11(21)13(17,18)19/h1-3,9,11H,5H2,(H,22,23)/t9-,11?/m0/s1. The summed E-state index contributed by atoms with van der Waals surface area (Å²) < 4.78 is 82.1. The molecule has 0 radical (unpaired) electrons. The third-order valence-corrected chi connectivity index (χ3v) is 3.25. The second-order valence-corrected chi connectivity index (χ2v) is 4.85. The Balaban J connectivity index is 2.49. The molecule has 0 saturated carbocycles. The van der Waals surface area contributed by atoms with Crippen molar-refractivity contribution >= 4 is 11.7 Å². The van der Waals surface area contributed by atoms with Crippen LogP contribution in [0.4, 0.5) is 32.0 Å². The lowest BCUT2D eigenvalue weighted by Gasteiger charge is -2.27. The first-order chi connectivity index (χ1) is 10.9. The summed E-state index contributed by atoms with van der Waals surface area (Å²) in [5.41, 5.74) is -2.72. The molecule has 5 nitrogen and oxygen atoms in total. The number of aliphatic carboxylic acids is 1. The Morgan fingerprint density at radius 3 is 2.38 bits per heavy atom. The molecule has 1 unspecified atom stereocenters. The molecule has 0 spiro atoms. The highest BCUT2D eigenvalue weighted by Gasteiger charge is 2.52. The third kappa shape index (κ3) is 3.38. The summed E-state index contributed by atoms with van der Waals surface area (Å²) in [5, 5.41) is 17.5. The third-order valence-electron chi connectivity index (χ3n) is 3.25. The van der Waals surface area contributed by atoms with Gasteiger partial charge < -0.3 is 14.7 Å². The first kappa shape index (κ1) is 17.9. The SMILES string of the molecule is N#Cc1ccc(N2C[C@@H](C(=O)O)OC2C(F)(F)F)cc1C(F)(F)F. The van der Waals surface area contributed by atoms with Crippen molar-refractivity contribution in [1.29, 1.82) is 5.26 Å². The fourth-order valence-corrected chi connectivity index (χ4v) is 2.22. The molecule has 24 heavy (non-hydrogen) atoms. The van der Waals surface area contributed by atoms with Crippen LogP contribution in [0, 0.1) is 11.3 Å². The van der Waals surface area contributed by atoms with Crippen molar-refractivity contribution in [1.82, 2.24) is 0 Å². The molecule has 0 bridgehead atoms. The Labute approximate surface area is 130 Å². The lowest BCUT2D eigenvalue weighted by molar-refractivity contribution is -0.215. The molecular weight excluding hydrogens is 346 g/mol. The van der Waals surface area contributed by atoms with E-state index in [9.17, 15) is 31.1 Å². The van der Waals surface area contributed by atoms with Crippen LogP contribution in [0.15, 0.2) is 18.2 Å². The monoisotopic (exact) mass is 354 g/mol. The molecule has 0 amide bonds. The summed E-state index contributed by atoms with van der Waals surface area (Å²) >= 11 is 0. The normalized spacial score (nSPS) is 21.6. The maximum atomic E-state index is 13.0. The average molecular weight is 354 g/mol. The highest BCUT2D eigenvalue weighted by Crippen LogP contribution is 2.39. The minimum Gasteiger partial charge on any atom is -0.479 e. The molecule has 1 N–H and O–H groups in total. The molecule has 0 aliphatic carbocycles. The Morgan fingerprint density at radius 1 is 1.29 bits per heavy atom. The zero-order valence-corrected chi connectivity index (χ0v) is 11.5. The summed E-state index contributed by atoms with van der Waals surface area (Å²) in [5.74, 6) is -1.67. The number of carboxylic acids is 1. The number of carbonyl (C=O) groups is 1. The van der Waals surface area contributed by atoms with Crippen LogP contribution in [0.1, 0.15) is 11.1 Å². The van der Waals surface area contributed by atoms with Crippen molar-refractivity contribution in [2.75, 3.05) is 11.4 Å². The molecule has 2 atom stereocenters. The van der Waals surface area contributed by atoms with Crippen LogP contribution >= 0.6 is 0 Å². The Morgan fingerprint density at radius 2 is 1.92 bits per heavy atom. The summed E-state index contributed by atoms with van der Waals surface area (Å²) in [6, 6.07) is 3.27. The second-order valence-electron chi connectivity index (χ2n) is 4.85. The van der Waals surface area contributed by atoms with Crippen LogP contribution < -0.4 is 4.90 Å². The van der Waals surface area contributed by atoms with E-state index in [0.29, 0.717) is 11.0 Å². The summed E-state index contributed by atoms with van der Waals surface area (Å²) in [6.45, 7) is -0.789. The molecule has 2 rings (SSSR count). The van der Waals surface area contributed by atoms with E-state index in [1.165, 1.54) is 6.07 Å². The van der Waals surface area contributed by atoms with Gasteiger partial charge in [0.1, 0.15) is 0 Å². The van der Waals surface area contributed by atoms with Gasteiger partial charge in [-0.1, -0.05) is 0 Å². The van der Waals surface area contributed by atoms with Gasteiger partial charge >= 0.3 is 18.3 Å². The predicted molar refractivity (Wildman–Crippen MR) is 65.9 cm³/mol. The number of anilines is 1. The molecule has 0 aromatic heterocycles. The number of alkyl halides is 6. The van der Waals surface area contributed by atoms with Gasteiger partial charge in [0, 0.05) is 5.69 Å². The van der Waals surface area contributed by atoms with Gasteiger partial charge in [-0.3, -0.25) is 0 Å². The first-order valence-corrected chi connectivity index (χ1v) is 6.28. The lowest BCUT2D eigenvalue weighted by atomic mass is 10.1. The van der Waals surface area contributed by atoms with Gasteiger partial charge in [0.2, 0.25) is 6.23 Å². The van der Waals surface area contributed by atoms with E-state index < -0.39 is 54.0 Å². The number of hydrogen-bond donors (Lipinski definition) is 1. The highest BCUT2D eigenvalue weighted by atomic mass is 19.4. The minimum atomic E-state index is -5.02. The van der Waals surface area contributed by atoms with Crippen molar-refractivity contribution in [2.45, 2.75) is 24.7 Å². The summed E-state index contributed by atoms with van der Waals surface area (Å²) in [4.78, 5) is 11.2. The average Bonchev–Trinajstić information content (AvgIpc) is 2.91. The maximum Gasteiger partial charge on any atom is 0.433 e. The van der Waals surface area contributed by atoms with Crippen LogP contribution in [-0.2, 0) is 15.7 Å². The van der Waals surface area contributed by atoms with E-state index in [2.05, 4.69) is 4.74 Å². The van der Waals surface area contributed by atoms with Crippen LogP contribution in [0.5, 0.6) is 0 Å². The number of nitriles is 1. The molecule has 130 valence electrons. The number of benzene rings is 1. The van der Waals surface area contributed by atoms with Crippen molar-refractivity contribution in [2.24, 2.45) is 0 Å². The molecule has 11 heteroatoms. The number of hydrogen-bond acceptors (Lipinski definition) is 4. The Bertz CT molecular complexity index is 694. The molecule has 1 aliphatic rings. The van der Waals surface area contributed by atoms with Crippen LogP contribution in [0.3, 0.4) is 0 Å². The molecule has 1 aromatic rings. The van der Waals surface area contributed by atoms with Crippen molar-refractivity contribution < 1.29 is 41.0 Å². The summed E-state index contributed by atoms with van der Waals surface area (Å²) in [6.07, 6.45) is -14.5. The van der Waals surface area contributed by atoms with Gasteiger partial charge in [0.15, 0.2) is 6.10 Å². The van der Waals surface area contributed by atoms with Gasteiger partial charge in [0.05, 0.1) is 23.7 Å². The topological polar surface area (TPSA) is 73.6 Å². The second kappa shape index (κ2) is 5.86. The van der Waals surface area contributed by atoms with Crippen molar-refractivity contribution in [3.05, 3.63) is 29.3 Å². The molecule has 1 fully saturated rings. The molecule has 1 aliphatic heterocycles. The van der Waals surface area contributed by atoms with Crippen LogP contribution in [-0.4, -0.2) is 36.1 Å². The van der Waals surface area contributed by atoms with E-state index in [-0.39, 0.29) is 0 Å². The molecule has 1 aromatic carbocycles. The van der Waals surface area contributed by atoms with Crippen molar-refractivity contribution in [3.63, 3.8) is 0 Å². The molecule has 1 heterocycles. The fraction of sp³-hybridized carbons (Fsp3) is 0.385. The quantitative estimate of drug-likeness (QED) is 0.827. The zero-order valence-electron chi connectivity index (χ0n) is 11.5. The summed E-state index contributed by atoms with van der Waals surface area (Å²) in [7, 11) is 0. The number of ether oxygens (including phenoxy) is 1. The Kier molecular flexibility index (Phi) is 4.36. The van der Waals surface area contributed by atoms with Gasteiger partial charge in [-0.2, -0.15) is 31.6 Å². The van der Waals surface area contributed by atoms with E-state index in [1.807, 2.05) is 0 Å². The first-order valence-electron chi connectivity index (χ1n) is 6.28. The zero-order chi connectivity index (χ0) is 18.3. The maximum absolute atomic E-state index is 13.0. The van der Waals surface area contributed by atoms with E-state index >= 15 is 0 Å². The fourth-order valence-electron chi connectivity index (χ4n) is 2.22. The number of carboxylic acid groups (broad SMARTS) is 1. The lowest BCUT2D eigenvalue weighted by Crippen LogP contribution is -2.42. The van der Waals surface area contributed by atoms with E-state index in [0.717, 1.165) is 12.1 Å². The van der Waals surface area contributed by atoms with Gasteiger partial charge in [-0.15, -0.1) is 0 Å². The predicted octanol–water partition coefficient (Wildman–Crippen LogP) is 2.76. The number of rotatable bonds is 2. The van der Waals surface area contributed by atoms with Crippen LogP contribution in [0.2, 0.25) is 0 Å². The van der Waals surface area contributed by atoms with E-state index in [1.54, 1.807) is 0 Å². The number of halogens is 6. The van der Waals surface area contributed by atoms with Gasteiger partial charge in [0.25, 0.3) is 0 Å². The van der Waals surface area contributed by atoms with Crippen molar-refractivity contribution in [3.8, 4) is 6.07 Å². The van der Waals surface area contributed by atoms with Gasteiger partial charge in [-0.05, 0) is 18.2 Å². The molecular formula is C13H8F6N2O3. The largest absolute Gasteiger partial charge is 0.479 e. The Hall–Kier alpha value is -2.48. The van der Waals surface area contributed by atoms with Crippen LogP contribution in [0.25, 0.3) is 0 Å². The number of nitrogens with zero attached hydrogens (tertiary/aromatic N) is 2.